The van der Waals surface area contributed by atoms with Gasteiger partial charge in [0.25, 0.3) is 0 Å². The second kappa shape index (κ2) is 6.28. The summed E-state index contributed by atoms with van der Waals surface area (Å²) < 4.78 is 5.88. The summed E-state index contributed by atoms with van der Waals surface area (Å²) >= 11 is 0. The molecule has 1 aliphatic heterocycles. The molecule has 4 rings (SSSR count). The van der Waals surface area contributed by atoms with E-state index in [0.29, 0.717) is 13.0 Å². The first kappa shape index (κ1) is 14.6. The Bertz CT molecular complexity index is 708. The van der Waals surface area contributed by atoms with Crippen molar-refractivity contribution in [2.24, 2.45) is 0 Å². The van der Waals surface area contributed by atoms with Gasteiger partial charge < -0.3 is 9.64 Å². The van der Waals surface area contributed by atoms with Crippen LogP contribution in [0.2, 0.25) is 0 Å². The normalized spacial score (nSPS) is 24.4. The van der Waals surface area contributed by atoms with E-state index in [1.165, 1.54) is 12.8 Å². The van der Waals surface area contributed by atoms with E-state index in [1.807, 2.05) is 30.3 Å². The van der Waals surface area contributed by atoms with Crippen molar-refractivity contribution in [3.63, 3.8) is 0 Å². The van der Waals surface area contributed by atoms with Gasteiger partial charge in [0.15, 0.2) is 0 Å². The molecule has 0 spiro atoms. The summed E-state index contributed by atoms with van der Waals surface area (Å²) in [5.74, 6) is 0.211. The van der Waals surface area contributed by atoms with Crippen LogP contribution < -0.4 is 0 Å². The molecular weight excluding hydrogens is 288 g/mol. The number of carbonyl (C=O) groups is 1. The molecule has 120 valence electrons. The first-order valence-corrected chi connectivity index (χ1v) is 8.56. The number of morpholine rings is 1. The molecule has 0 N–H and O–H groups in total. The van der Waals surface area contributed by atoms with Gasteiger partial charge in [0.1, 0.15) is 0 Å². The molecule has 4 nitrogen and oxygen atoms in total. The van der Waals surface area contributed by atoms with Gasteiger partial charge in [-0.25, -0.2) is 0 Å². The van der Waals surface area contributed by atoms with Gasteiger partial charge in [0.05, 0.1) is 30.7 Å². The minimum Gasteiger partial charge on any atom is -0.374 e. The predicted octanol–water partition coefficient (Wildman–Crippen LogP) is 2.95. The van der Waals surface area contributed by atoms with Crippen LogP contribution in [-0.4, -0.2) is 41.1 Å². The van der Waals surface area contributed by atoms with Crippen molar-refractivity contribution in [2.75, 3.05) is 13.2 Å². The monoisotopic (exact) mass is 310 g/mol. The Balaban J connectivity index is 1.56. The fraction of sp³-hybridized carbons (Fsp3) is 0.474. The van der Waals surface area contributed by atoms with Crippen molar-refractivity contribution >= 4 is 16.8 Å². The number of rotatable bonds is 2. The molecule has 1 saturated heterocycles. The molecule has 4 heteroatoms. The fourth-order valence-corrected chi connectivity index (χ4v) is 3.98. The second-order valence-electron chi connectivity index (χ2n) is 6.52. The molecule has 1 aromatic heterocycles. The highest BCUT2D eigenvalue weighted by Crippen LogP contribution is 2.29. The zero-order valence-electron chi connectivity index (χ0n) is 13.3. The van der Waals surface area contributed by atoms with E-state index in [0.717, 1.165) is 35.9 Å². The quantitative estimate of drug-likeness (QED) is 0.856. The number of pyridine rings is 1. The lowest BCUT2D eigenvalue weighted by Crippen LogP contribution is -2.55. The Labute approximate surface area is 136 Å². The lowest BCUT2D eigenvalue weighted by molar-refractivity contribution is -0.148. The summed E-state index contributed by atoms with van der Waals surface area (Å²) in [7, 11) is 0. The lowest BCUT2D eigenvalue weighted by atomic mass is 9.89. The Morgan fingerprint density at radius 2 is 2.09 bits per heavy atom. The Morgan fingerprint density at radius 1 is 1.22 bits per heavy atom. The molecule has 1 saturated carbocycles. The van der Waals surface area contributed by atoms with Gasteiger partial charge in [-0.2, -0.15) is 0 Å². The molecule has 1 aromatic carbocycles. The fourth-order valence-electron chi connectivity index (χ4n) is 3.98. The maximum atomic E-state index is 12.9. The van der Waals surface area contributed by atoms with Gasteiger partial charge in [-0.05, 0) is 24.5 Å². The van der Waals surface area contributed by atoms with Crippen molar-refractivity contribution < 1.29 is 9.53 Å². The van der Waals surface area contributed by atoms with Gasteiger partial charge in [-0.3, -0.25) is 9.78 Å². The standard InChI is InChI=1S/C19H22N2O2/c22-18(21-11-12-23-17-9-2-1-8-16(17)21)13-15-6-3-5-14-7-4-10-20-19(14)15/h3-7,10,16-17H,1-2,8-9,11-13H2/t16-,17-/m0/s1. The van der Waals surface area contributed by atoms with Crippen molar-refractivity contribution in [3.8, 4) is 0 Å². The number of aromatic nitrogens is 1. The van der Waals surface area contributed by atoms with Crippen LogP contribution in [0.25, 0.3) is 10.9 Å². The highest BCUT2D eigenvalue weighted by atomic mass is 16.5. The third-order valence-corrected chi connectivity index (χ3v) is 5.11. The van der Waals surface area contributed by atoms with Crippen LogP contribution in [0.5, 0.6) is 0 Å². The summed E-state index contributed by atoms with van der Waals surface area (Å²) in [6.45, 7) is 1.39. The van der Waals surface area contributed by atoms with E-state index in [1.54, 1.807) is 6.20 Å². The van der Waals surface area contributed by atoms with Gasteiger partial charge in [0, 0.05) is 18.1 Å². The molecule has 1 aliphatic carbocycles. The minimum atomic E-state index is 0.211. The number of ether oxygens (including phenoxy) is 1. The van der Waals surface area contributed by atoms with Crippen molar-refractivity contribution in [1.82, 2.24) is 9.88 Å². The molecule has 2 atom stereocenters. The Kier molecular flexibility index (Phi) is 4.00. The van der Waals surface area contributed by atoms with Gasteiger partial charge in [-0.1, -0.05) is 37.1 Å². The molecule has 0 radical (unpaired) electrons. The zero-order valence-corrected chi connectivity index (χ0v) is 13.3. The van der Waals surface area contributed by atoms with Crippen LogP contribution in [0.15, 0.2) is 36.5 Å². The number of benzene rings is 1. The van der Waals surface area contributed by atoms with Crippen LogP contribution in [0, 0.1) is 0 Å². The van der Waals surface area contributed by atoms with E-state index < -0.39 is 0 Å². The summed E-state index contributed by atoms with van der Waals surface area (Å²) in [6.07, 6.45) is 7.04. The number of carbonyl (C=O) groups excluding carboxylic acids is 1. The van der Waals surface area contributed by atoms with Gasteiger partial charge in [0.2, 0.25) is 5.91 Å². The largest absolute Gasteiger partial charge is 0.374 e. The van der Waals surface area contributed by atoms with Crippen LogP contribution in [-0.2, 0) is 16.0 Å². The Morgan fingerprint density at radius 3 is 3.04 bits per heavy atom. The highest BCUT2D eigenvalue weighted by Gasteiger charge is 2.36. The van der Waals surface area contributed by atoms with E-state index in [4.69, 9.17) is 4.74 Å². The number of fused-ring (bicyclic) bond motifs is 2. The molecule has 2 aromatic rings. The molecule has 2 fully saturated rings. The minimum absolute atomic E-state index is 0.211. The molecule has 0 unspecified atom stereocenters. The SMILES string of the molecule is O=C(Cc1cccc2cccnc12)N1CCO[C@H]2CCCC[C@@H]21. The van der Waals surface area contributed by atoms with Gasteiger partial charge in [-0.15, -0.1) is 0 Å². The molecule has 0 bridgehead atoms. The van der Waals surface area contributed by atoms with Crippen molar-refractivity contribution in [1.29, 1.82) is 0 Å². The molecule has 2 heterocycles. The third-order valence-electron chi connectivity index (χ3n) is 5.11. The van der Waals surface area contributed by atoms with Crippen LogP contribution in [0.4, 0.5) is 0 Å². The van der Waals surface area contributed by atoms with Crippen molar-refractivity contribution in [3.05, 3.63) is 42.1 Å². The first-order valence-electron chi connectivity index (χ1n) is 8.56. The first-order chi connectivity index (χ1) is 11.3. The van der Waals surface area contributed by atoms with E-state index >= 15 is 0 Å². The molecule has 23 heavy (non-hydrogen) atoms. The smallest absolute Gasteiger partial charge is 0.227 e. The average Bonchev–Trinajstić information content (AvgIpc) is 2.61. The number of amides is 1. The van der Waals surface area contributed by atoms with E-state index in [-0.39, 0.29) is 18.1 Å². The lowest BCUT2D eigenvalue weighted by Gasteiger charge is -2.43. The summed E-state index contributed by atoms with van der Waals surface area (Å²) in [5.41, 5.74) is 1.96. The average molecular weight is 310 g/mol. The molecule has 1 amide bonds. The number of hydrogen-bond donors (Lipinski definition) is 0. The highest BCUT2D eigenvalue weighted by molar-refractivity contribution is 5.87. The maximum Gasteiger partial charge on any atom is 0.227 e. The second-order valence-corrected chi connectivity index (χ2v) is 6.52. The zero-order chi connectivity index (χ0) is 15.6. The number of para-hydroxylation sites is 1. The van der Waals surface area contributed by atoms with Gasteiger partial charge >= 0.3 is 0 Å². The number of hydrogen-bond acceptors (Lipinski definition) is 3. The molecule has 2 aliphatic rings. The summed E-state index contributed by atoms with van der Waals surface area (Å²) in [6, 6.07) is 10.3. The third kappa shape index (κ3) is 2.83. The van der Waals surface area contributed by atoms with E-state index in [2.05, 4.69) is 9.88 Å². The topological polar surface area (TPSA) is 42.4 Å². The predicted molar refractivity (Wildman–Crippen MR) is 89.2 cm³/mol. The Hall–Kier alpha value is -1.94. The number of nitrogens with zero attached hydrogens (tertiary/aromatic N) is 2. The van der Waals surface area contributed by atoms with Crippen LogP contribution >= 0.6 is 0 Å². The van der Waals surface area contributed by atoms with Crippen LogP contribution in [0.1, 0.15) is 31.2 Å². The molecular formula is C19H22N2O2. The van der Waals surface area contributed by atoms with E-state index in [9.17, 15) is 4.79 Å². The van der Waals surface area contributed by atoms with Crippen molar-refractivity contribution in [2.45, 2.75) is 44.2 Å². The summed E-state index contributed by atoms with van der Waals surface area (Å²) in [5, 5.41) is 1.09. The maximum absolute atomic E-state index is 12.9. The van der Waals surface area contributed by atoms with Crippen LogP contribution in [0.3, 0.4) is 0 Å². The summed E-state index contributed by atoms with van der Waals surface area (Å²) in [4.78, 5) is 19.4.